The number of anilines is 2. The number of halogens is 1. The van der Waals surface area contributed by atoms with Crippen LogP contribution in [-0.4, -0.2) is 48.3 Å². The number of carbonyl (C=O) groups is 1. The minimum Gasteiger partial charge on any atom is -0.478 e. The number of nitrogens with one attached hydrogen (secondary N) is 1. The predicted octanol–water partition coefficient (Wildman–Crippen LogP) is 2.42. The fourth-order valence-electron chi connectivity index (χ4n) is 3.22. The van der Waals surface area contributed by atoms with Crippen molar-refractivity contribution in [2.24, 2.45) is 9.98 Å². The summed E-state index contributed by atoms with van der Waals surface area (Å²) in [6.07, 6.45) is 10.9. The van der Waals surface area contributed by atoms with E-state index in [9.17, 15) is 9.90 Å². The summed E-state index contributed by atoms with van der Waals surface area (Å²) in [6, 6.07) is 3.27. The highest BCUT2D eigenvalue weighted by molar-refractivity contribution is 6.26. The number of allylic oxidation sites excluding steroid dienone is 2. The van der Waals surface area contributed by atoms with Crippen molar-refractivity contribution in [2.75, 3.05) is 30.1 Å². The number of benzene rings is 1. The number of alkyl halides is 1. The predicted molar refractivity (Wildman–Crippen MR) is 98.7 cm³/mol. The Kier molecular flexibility index (Phi) is 3.73. The number of carboxylic acids is 1. The van der Waals surface area contributed by atoms with Crippen molar-refractivity contribution in [1.29, 1.82) is 0 Å². The third kappa shape index (κ3) is 2.56. The van der Waals surface area contributed by atoms with Crippen LogP contribution in [0.2, 0.25) is 0 Å². The zero-order valence-electron chi connectivity index (χ0n) is 13.3. The molecule has 1 aromatic carbocycles. The Morgan fingerprint density at radius 3 is 2.60 bits per heavy atom. The summed E-state index contributed by atoms with van der Waals surface area (Å²) in [5.41, 5.74) is 2.49. The Balaban J connectivity index is 1.86. The van der Waals surface area contributed by atoms with Crippen molar-refractivity contribution in [1.82, 2.24) is 4.90 Å². The van der Waals surface area contributed by atoms with Crippen molar-refractivity contribution >= 4 is 41.4 Å². The molecule has 1 aromatic rings. The first-order valence-corrected chi connectivity index (χ1v) is 8.18. The van der Waals surface area contributed by atoms with Gasteiger partial charge in [-0.3, -0.25) is 9.98 Å². The van der Waals surface area contributed by atoms with Crippen LogP contribution in [-0.2, 0) is 5.00 Å². The maximum atomic E-state index is 11.5. The third-order valence-corrected chi connectivity index (χ3v) is 4.95. The minimum atomic E-state index is -0.982. The second-order valence-corrected chi connectivity index (χ2v) is 6.53. The van der Waals surface area contributed by atoms with Crippen LogP contribution in [0.5, 0.6) is 0 Å². The molecule has 3 aliphatic heterocycles. The van der Waals surface area contributed by atoms with Crippen LogP contribution in [0.3, 0.4) is 0 Å². The lowest BCUT2D eigenvalue weighted by Crippen LogP contribution is -2.41. The van der Waals surface area contributed by atoms with Gasteiger partial charge in [0.1, 0.15) is 13.3 Å². The van der Waals surface area contributed by atoms with Gasteiger partial charge in [0, 0.05) is 36.1 Å². The Bertz CT molecular complexity index is 848. The zero-order valence-corrected chi connectivity index (χ0v) is 14.0. The van der Waals surface area contributed by atoms with E-state index in [1.165, 1.54) is 0 Å². The van der Waals surface area contributed by atoms with E-state index in [1.54, 1.807) is 24.6 Å². The molecule has 4 rings (SSSR count). The normalized spacial score (nSPS) is 23.7. The van der Waals surface area contributed by atoms with E-state index < -0.39 is 11.0 Å². The largest absolute Gasteiger partial charge is 0.478 e. The number of rotatable bonds is 3. The number of fused-ring (bicyclic) bond motifs is 1. The first-order valence-electron chi connectivity index (χ1n) is 7.81. The lowest BCUT2D eigenvalue weighted by molar-refractivity contribution is 0.0697. The summed E-state index contributed by atoms with van der Waals surface area (Å²) in [5.74, 6) is -0.982. The molecule has 3 aliphatic rings. The molecule has 0 aromatic heterocycles. The van der Waals surface area contributed by atoms with Crippen LogP contribution in [0.15, 0.2) is 46.7 Å². The highest BCUT2D eigenvalue weighted by atomic mass is 35.5. The van der Waals surface area contributed by atoms with Gasteiger partial charge in [-0.15, -0.1) is 0 Å². The summed E-state index contributed by atoms with van der Waals surface area (Å²) in [7, 11) is 0. The average molecular weight is 358 g/mol. The van der Waals surface area contributed by atoms with Gasteiger partial charge in [-0.2, -0.15) is 0 Å². The van der Waals surface area contributed by atoms with Crippen LogP contribution >= 0.6 is 11.6 Å². The Morgan fingerprint density at radius 2 is 1.96 bits per heavy atom. The number of nitrogens with zero attached hydrogens (tertiary/aromatic N) is 4. The van der Waals surface area contributed by atoms with E-state index in [4.69, 9.17) is 11.6 Å². The van der Waals surface area contributed by atoms with Gasteiger partial charge >= 0.3 is 5.97 Å². The molecule has 2 N–H and O–H groups in total. The summed E-state index contributed by atoms with van der Waals surface area (Å²) < 4.78 is 0. The van der Waals surface area contributed by atoms with Gasteiger partial charge in [-0.05, 0) is 24.3 Å². The lowest BCUT2D eigenvalue weighted by atomic mass is 10.0. The van der Waals surface area contributed by atoms with E-state index in [1.807, 2.05) is 34.4 Å². The molecular formula is C17H16ClN5O2. The monoisotopic (exact) mass is 357 g/mol. The first-order chi connectivity index (χ1) is 12.1. The standard InChI is InChI=1S/C17H16ClN5O2/c18-17(23-6-2-4-20-11-23)9-21-13-7-12(16(24)25)8-14(15(13)17)22-5-1-3-19-10-22/h1-8,21H,9-11H2,(H,24,25). The van der Waals surface area contributed by atoms with E-state index in [0.29, 0.717) is 19.9 Å². The van der Waals surface area contributed by atoms with Gasteiger partial charge in [0.15, 0.2) is 5.00 Å². The number of hydrogen-bond acceptors (Lipinski definition) is 6. The van der Waals surface area contributed by atoms with Crippen molar-refractivity contribution in [3.8, 4) is 0 Å². The topological polar surface area (TPSA) is 80.5 Å². The molecule has 0 bridgehead atoms. The molecule has 0 spiro atoms. The number of aromatic carboxylic acids is 1. The first kappa shape index (κ1) is 15.7. The quantitative estimate of drug-likeness (QED) is 0.641. The number of aliphatic imine (C=N–C) groups is 2. The Labute approximate surface area is 149 Å². The lowest BCUT2D eigenvalue weighted by Gasteiger charge is -2.37. The second kappa shape index (κ2) is 5.93. The van der Waals surface area contributed by atoms with Crippen molar-refractivity contribution in [3.63, 3.8) is 0 Å². The van der Waals surface area contributed by atoms with Crippen LogP contribution in [0.25, 0.3) is 0 Å². The molecule has 0 radical (unpaired) electrons. The van der Waals surface area contributed by atoms with Crippen molar-refractivity contribution in [2.45, 2.75) is 5.00 Å². The molecule has 1 atom stereocenters. The Hall–Kier alpha value is -2.80. The average Bonchev–Trinajstić information content (AvgIpc) is 3.01. The van der Waals surface area contributed by atoms with Crippen molar-refractivity contribution < 1.29 is 9.90 Å². The van der Waals surface area contributed by atoms with Gasteiger partial charge in [-0.1, -0.05) is 11.6 Å². The molecule has 3 heterocycles. The third-order valence-electron chi connectivity index (χ3n) is 4.41. The van der Waals surface area contributed by atoms with E-state index >= 15 is 0 Å². The number of carboxylic acid groups (broad SMARTS) is 1. The summed E-state index contributed by atoms with van der Waals surface area (Å²) in [5, 5.41) is 12.7. The molecule has 0 aliphatic carbocycles. The molecular weight excluding hydrogens is 342 g/mol. The SMILES string of the molecule is O=C(O)c1cc2c(c(N3C=CC=NC3)c1)C(Cl)(N1C=CC=NC1)CN2. The fourth-order valence-corrected chi connectivity index (χ4v) is 3.60. The maximum absolute atomic E-state index is 11.5. The summed E-state index contributed by atoms with van der Waals surface area (Å²) in [6.45, 7) is 1.29. The van der Waals surface area contributed by atoms with Crippen LogP contribution in [0.1, 0.15) is 15.9 Å². The van der Waals surface area contributed by atoms with Crippen molar-refractivity contribution in [3.05, 3.63) is 47.8 Å². The smallest absolute Gasteiger partial charge is 0.335 e. The molecule has 128 valence electrons. The second-order valence-electron chi connectivity index (χ2n) is 5.90. The number of hydrogen-bond donors (Lipinski definition) is 2. The van der Waals surface area contributed by atoms with Crippen LogP contribution < -0.4 is 10.2 Å². The summed E-state index contributed by atoms with van der Waals surface area (Å²) >= 11 is 7.04. The van der Waals surface area contributed by atoms with Gasteiger partial charge < -0.3 is 20.2 Å². The summed E-state index contributed by atoms with van der Waals surface area (Å²) in [4.78, 5) is 23.0. The zero-order chi connectivity index (χ0) is 17.4. The van der Waals surface area contributed by atoms with Gasteiger partial charge in [0.25, 0.3) is 0 Å². The van der Waals surface area contributed by atoms with Gasteiger partial charge in [-0.25, -0.2) is 4.79 Å². The fraction of sp³-hybridized carbons (Fsp3) is 0.235. The van der Waals surface area contributed by atoms with E-state index in [-0.39, 0.29) is 5.56 Å². The van der Waals surface area contributed by atoms with Crippen LogP contribution in [0, 0.1) is 0 Å². The minimum absolute atomic E-state index is 0.206. The molecule has 8 heteroatoms. The molecule has 7 nitrogen and oxygen atoms in total. The van der Waals surface area contributed by atoms with Gasteiger partial charge in [0.2, 0.25) is 0 Å². The molecule has 1 unspecified atom stereocenters. The Morgan fingerprint density at radius 1 is 1.20 bits per heavy atom. The highest BCUT2D eigenvalue weighted by Crippen LogP contribution is 2.49. The van der Waals surface area contributed by atoms with Crippen LogP contribution in [0.4, 0.5) is 11.4 Å². The maximum Gasteiger partial charge on any atom is 0.335 e. The molecule has 0 fully saturated rings. The molecule has 0 saturated heterocycles. The molecule has 0 amide bonds. The molecule has 0 saturated carbocycles. The highest BCUT2D eigenvalue weighted by Gasteiger charge is 2.44. The van der Waals surface area contributed by atoms with Gasteiger partial charge in [0.05, 0.1) is 17.8 Å². The molecule has 25 heavy (non-hydrogen) atoms. The van der Waals surface area contributed by atoms with E-state index in [0.717, 1.165) is 16.9 Å². The van der Waals surface area contributed by atoms with E-state index in [2.05, 4.69) is 15.3 Å².